The van der Waals surface area contributed by atoms with Crippen LogP contribution in [0, 0.1) is 9.12 Å². The predicted molar refractivity (Wildman–Crippen MR) is 134 cm³/mol. The minimum atomic E-state index is -2.69. The quantitative estimate of drug-likeness (QED) is 0.287. The zero-order chi connectivity index (χ0) is 24.0. The summed E-state index contributed by atoms with van der Waals surface area (Å²) in [5, 5.41) is 14.5. The molecule has 4 rings (SSSR count). The second kappa shape index (κ2) is 9.24. The van der Waals surface area contributed by atoms with Gasteiger partial charge in [-0.05, 0) is 46.9 Å². The van der Waals surface area contributed by atoms with Crippen LogP contribution >= 0.6 is 22.6 Å². The second-order valence-electron chi connectivity index (χ2n) is 10.7. The number of nitrogens with zero attached hydrogens (tertiary/aromatic N) is 5. The average Bonchev–Trinajstić information content (AvgIpc) is 3.15. The molecule has 12 heteroatoms. The highest BCUT2D eigenvalue weighted by Crippen LogP contribution is 2.52. The number of ether oxygens (including phenoxy) is 1. The second-order valence-corrected chi connectivity index (χ2v) is 17.3. The molecular weight excluding hydrogens is 561 g/mol. The molecule has 1 aliphatic carbocycles. The van der Waals surface area contributed by atoms with Crippen molar-refractivity contribution in [3.63, 3.8) is 0 Å². The molecule has 3 N–H and O–H groups in total. The first-order valence-electron chi connectivity index (χ1n) is 11.4. The summed E-state index contributed by atoms with van der Waals surface area (Å²) in [7, 11) is -1.19. The summed E-state index contributed by atoms with van der Waals surface area (Å²) in [4.78, 5) is 11.5. The fourth-order valence-corrected chi connectivity index (χ4v) is 6.30. The summed E-state index contributed by atoms with van der Waals surface area (Å²) in [5.74, 6) is -2.10. The summed E-state index contributed by atoms with van der Waals surface area (Å²) in [6, 6.07) is 0.572. The van der Waals surface area contributed by atoms with E-state index in [0.29, 0.717) is 58.9 Å². The van der Waals surface area contributed by atoms with Crippen LogP contribution in [0.4, 0.5) is 14.6 Å². The number of anilines is 1. The summed E-state index contributed by atoms with van der Waals surface area (Å²) in [5.41, 5.74) is 7.32. The fourth-order valence-electron chi connectivity index (χ4n) is 4.92. The molecule has 8 nitrogen and oxygen atoms in total. The standard InChI is InChI=1S/C21H33F2IN6O2Si/c1-33(2,3)9-8-32-13-30-19-16(17(24)28-30)26-14(11-31)18(27-19)29-6-4-20(5-7-29)12-21(22,23)10-15(20)25/h15,31H,4-13,25H2,1-3H3/t15-/m1/s1. The van der Waals surface area contributed by atoms with E-state index in [1.807, 2.05) is 4.90 Å². The van der Waals surface area contributed by atoms with Gasteiger partial charge in [0.2, 0.25) is 5.92 Å². The van der Waals surface area contributed by atoms with E-state index in [1.54, 1.807) is 4.68 Å². The Hall–Kier alpha value is -0.963. The first-order chi connectivity index (χ1) is 15.4. The van der Waals surface area contributed by atoms with Crippen LogP contribution in [0.3, 0.4) is 0 Å². The fraction of sp³-hybridized carbons (Fsp3) is 0.762. The Bertz CT molecular complexity index is 1010. The van der Waals surface area contributed by atoms with Crippen molar-refractivity contribution in [2.75, 3.05) is 24.6 Å². The Balaban J connectivity index is 1.54. The van der Waals surface area contributed by atoms with E-state index in [1.165, 1.54) is 0 Å². The molecule has 0 bridgehead atoms. The molecule has 3 heterocycles. The molecule has 33 heavy (non-hydrogen) atoms. The lowest BCUT2D eigenvalue weighted by molar-refractivity contribution is -0.00684. The van der Waals surface area contributed by atoms with Gasteiger partial charge in [0.05, 0.1) is 6.61 Å². The maximum atomic E-state index is 14.0. The Morgan fingerprint density at radius 3 is 2.52 bits per heavy atom. The molecular formula is C21H33F2IN6O2Si. The Labute approximate surface area is 207 Å². The third kappa shape index (κ3) is 5.33. The summed E-state index contributed by atoms with van der Waals surface area (Å²) in [6.07, 6.45) is 0.762. The molecule has 1 saturated carbocycles. The van der Waals surface area contributed by atoms with Crippen LogP contribution in [0.5, 0.6) is 0 Å². The number of aliphatic hydroxyl groups excluding tert-OH is 1. The minimum Gasteiger partial charge on any atom is -0.390 e. The monoisotopic (exact) mass is 594 g/mol. The van der Waals surface area contributed by atoms with Crippen molar-refractivity contribution in [3.05, 3.63) is 9.39 Å². The molecule has 0 amide bonds. The summed E-state index contributed by atoms with van der Waals surface area (Å²) in [6.45, 7) is 8.71. The molecule has 1 aliphatic heterocycles. The lowest BCUT2D eigenvalue weighted by Crippen LogP contribution is -2.47. The molecule has 2 aromatic rings. The number of hydrogen-bond acceptors (Lipinski definition) is 7. The highest BCUT2D eigenvalue weighted by molar-refractivity contribution is 14.1. The third-order valence-corrected chi connectivity index (χ3v) is 9.34. The molecule has 1 saturated heterocycles. The van der Waals surface area contributed by atoms with Crippen LogP contribution in [0.2, 0.25) is 25.7 Å². The average molecular weight is 595 g/mol. The van der Waals surface area contributed by atoms with E-state index in [-0.39, 0.29) is 26.2 Å². The van der Waals surface area contributed by atoms with Crippen LogP contribution in [0.25, 0.3) is 11.2 Å². The molecule has 2 aliphatic rings. The van der Waals surface area contributed by atoms with Crippen LogP contribution in [-0.4, -0.2) is 64.6 Å². The van der Waals surface area contributed by atoms with Crippen LogP contribution in [-0.2, 0) is 18.1 Å². The van der Waals surface area contributed by atoms with Gasteiger partial charge in [0, 0.05) is 46.7 Å². The number of alkyl halides is 2. The van der Waals surface area contributed by atoms with Crippen molar-refractivity contribution in [2.45, 2.75) is 76.7 Å². The van der Waals surface area contributed by atoms with Crippen molar-refractivity contribution < 1.29 is 18.6 Å². The van der Waals surface area contributed by atoms with E-state index in [0.717, 1.165) is 6.04 Å². The van der Waals surface area contributed by atoms with Gasteiger partial charge in [-0.2, -0.15) is 5.10 Å². The van der Waals surface area contributed by atoms with Gasteiger partial charge < -0.3 is 20.5 Å². The van der Waals surface area contributed by atoms with E-state index in [4.69, 9.17) is 15.5 Å². The largest absolute Gasteiger partial charge is 0.390 e. The maximum Gasteiger partial charge on any atom is 0.250 e. The van der Waals surface area contributed by atoms with Gasteiger partial charge in [-0.3, -0.25) is 0 Å². The predicted octanol–water partition coefficient (Wildman–Crippen LogP) is 3.58. The molecule has 1 spiro atoms. The van der Waals surface area contributed by atoms with Gasteiger partial charge in [0.1, 0.15) is 17.9 Å². The lowest BCUT2D eigenvalue weighted by atomic mass is 9.74. The summed E-state index contributed by atoms with van der Waals surface area (Å²) < 4.78 is 36.3. The first-order valence-corrected chi connectivity index (χ1v) is 16.2. The van der Waals surface area contributed by atoms with Crippen molar-refractivity contribution >= 4 is 47.6 Å². The number of aromatic nitrogens is 4. The molecule has 184 valence electrons. The maximum absolute atomic E-state index is 14.0. The van der Waals surface area contributed by atoms with Gasteiger partial charge in [-0.15, -0.1) is 0 Å². The molecule has 0 aromatic carbocycles. The molecule has 2 fully saturated rings. The van der Waals surface area contributed by atoms with E-state index >= 15 is 0 Å². The normalized spacial score (nSPS) is 22.5. The topological polar surface area (TPSA) is 102 Å². The molecule has 0 radical (unpaired) electrons. The Morgan fingerprint density at radius 2 is 1.94 bits per heavy atom. The highest BCUT2D eigenvalue weighted by Gasteiger charge is 2.55. The smallest absolute Gasteiger partial charge is 0.250 e. The Morgan fingerprint density at radius 1 is 1.24 bits per heavy atom. The number of rotatable bonds is 7. The van der Waals surface area contributed by atoms with Crippen molar-refractivity contribution in [2.24, 2.45) is 11.1 Å². The van der Waals surface area contributed by atoms with Gasteiger partial charge in [0.25, 0.3) is 0 Å². The van der Waals surface area contributed by atoms with Crippen molar-refractivity contribution in [1.29, 1.82) is 0 Å². The zero-order valence-electron chi connectivity index (χ0n) is 19.5. The zero-order valence-corrected chi connectivity index (χ0v) is 22.6. The number of nitrogens with two attached hydrogens (primary N) is 1. The molecule has 1 atom stereocenters. The van der Waals surface area contributed by atoms with Crippen LogP contribution in [0.15, 0.2) is 0 Å². The van der Waals surface area contributed by atoms with Gasteiger partial charge >= 0.3 is 0 Å². The van der Waals surface area contributed by atoms with Gasteiger partial charge in [-0.1, -0.05) is 19.6 Å². The Kier molecular flexibility index (Phi) is 7.04. The van der Waals surface area contributed by atoms with E-state index < -0.39 is 25.5 Å². The van der Waals surface area contributed by atoms with Gasteiger partial charge in [-0.25, -0.2) is 23.4 Å². The SMILES string of the molecule is C[Si](C)(C)CCOCn1nc(I)c2nc(CO)c(N3CCC4(CC3)CC(F)(F)C[C@H]4N)nc21. The third-order valence-electron chi connectivity index (χ3n) is 6.91. The van der Waals surface area contributed by atoms with E-state index in [2.05, 4.69) is 52.3 Å². The highest BCUT2D eigenvalue weighted by atomic mass is 127. The molecule has 0 unspecified atom stereocenters. The number of halogens is 3. The van der Waals surface area contributed by atoms with E-state index in [9.17, 15) is 13.9 Å². The summed E-state index contributed by atoms with van der Waals surface area (Å²) >= 11 is 2.12. The number of aliphatic hydroxyl groups is 1. The molecule has 2 aromatic heterocycles. The first kappa shape index (κ1) is 25.1. The van der Waals surface area contributed by atoms with Crippen LogP contribution in [0.1, 0.15) is 31.4 Å². The lowest BCUT2D eigenvalue weighted by Gasteiger charge is -2.42. The van der Waals surface area contributed by atoms with Gasteiger partial charge in [0.15, 0.2) is 15.2 Å². The van der Waals surface area contributed by atoms with Crippen molar-refractivity contribution in [3.8, 4) is 0 Å². The number of hydrogen-bond donors (Lipinski definition) is 2. The van der Waals surface area contributed by atoms with Crippen LogP contribution < -0.4 is 10.6 Å². The minimum absolute atomic E-state index is 0.147. The van der Waals surface area contributed by atoms with Crippen molar-refractivity contribution in [1.82, 2.24) is 19.7 Å². The number of fused-ring (bicyclic) bond motifs is 1. The number of piperidine rings is 1.